The molecule has 1 aliphatic heterocycles. The van der Waals surface area contributed by atoms with E-state index in [9.17, 15) is 5.11 Å². The largest absolute Gasteiger partial charge is 0.395 e. The number of hydrogen-bond donors (Lipinski definition) is 1. The van der Waals surface area contributed by atoms with Crippen LogP contribution in [0.3, 0.4) is 0 Å². The summed E-state index contributed by atoms with van der Waals surface area (Å²) in [4.78, 5) is 2.37. The minimum atomic E-state index is -0.0808. The molecule has 1 unspecified atom stereocenters. The van der Waals surface area contributed by atoms with E-state index in [2.05, 4.69) is 35.7 Å². The molecular formula is C15H21NO. The fourth-order valence-corrected chi connectivity index (χ4v) is 2.81. The van der Waals surface area contributed by atoms with Crippen LogP contribution in [-0.2, 0) is 5.41 Å². The number of rotatable bonds is 4. The van der Waals surface area contributed by atoms with E-state index in [1.165, 1.54) is 5.56 Å². The van der Waals surface area contributed by atoms with Crippen molar-refractivity contribution in [3.8, 4) is 0 Å². The summed E-state index contributed by atoms with van der Waals surface area (Å²) in [5.74, 6) is 0. The van der Waals surface area contributed by atoms with Gasteiger partial charge < -0.3 is 5.11 Å². The SMILES string of the molecule is C=CCN1CCCC(CO)(c2ccccc2)C1. The smallest absolute Gasteiger partial charge is 0.0540 e. The summed E-state index contributed by atoms with van der Waals surface area (Å²) in [7, 11) is 0. The summed E-state index contributed by atoms with van der Waals surface area (Å²) in [5.41, 5.74) is 1.18. The Morgan fingerprint density at radius 3 is 2.76 bits per heavy atom. The van der Waals surface area contributed by atoms with Gasteiger partial charge in [-0.2, -0.15) is 0 Å². The van der Waals surface area contributed by atoms with Crippen molar-refractivity contribution in [2.75, 3.05) is 26.2 Å². The summed E-state index contributed by atoms with van der Waals surface area (Å²) < 4.78 is 0. The normalized spacial score (nSPS) is 25.7. The zero-order chi connectivity index (χ0) is 12.1. The molecule has 0 aromatic heterocycles. The molecule has 1 fully saturated rings. The number of nitrogens with zero attached hydrogens (tertiary/aromatic N) is 1. The predicted octanol–water partition coefficient (Wildman–Crippen LogP) is 2.20. The van der Waals surface area contributed by atoms with Gasteiger partial charge in [0.1, 0.15) is 0 Å². The van der Waals surface area contributed by atoms with Crippen molar-refractivity contribution in [1.82, 2.24) is 4.90 Å². The molecule has 0 aliphatic carbocycles. The second-order valence-electron chi connectivity index (χ2n) is 4.93. The van der Waals surface area contributed by atoms with Crippen LogP contribution in [0.15, 0.2) is 43.0 Å². The van der Waals surface area contributed by atoms with Gasteiger partial charge in [-0.1, -0.05) is 36.4 Å². The highest BCUT2D eigenvalue weighted by Crippen LogP contribution is 2.33. The number of piperidine rings is 1. The number of likely N-dealkylation sites (tertiary alicyclic amines) is 1. The molecular weight excluding hydrogens is 210 g/mol. The van der Waals surface area contributed by atoms with Gasteiger partial charge in [0.25, 0.3) is 0 Å². The van der Waals surface area contributed by atoms with E-state index in [-0.39, 0.29) is 12.0 Å². The summed E-state index contributed by atoms with van der Waals surface area (Å²) in [5, 5.41) is 9.83. The summed E-state index contributed by atoms with van der Waals surface area (Å²) >= 11 is 0. The maximum Gasteiger partial charge on any atom is 0.0540 e. The first-order valence-electron chi connectivity index (χ1n) is 6.30. The molecule has 1 aromatic carbocycles. The Morgan fingerprint density at radius 1 is 1.35 bits per heavy atom. The van der Waals surface area contributed by atoms with Crippen LogP contribution in [0, 0.1) is 0 Å². The Bertz CT molecular complexity index is 362. The fourth-order valence-electron chi connectivity index (χ4n) is 2.81. The summed E-state index contributed by atoms with van der Waals surface area (Å²) in [6, 6.07) is 10.4. The number of hydrogen-bond acceptors (Lipinski definition) is 2. The molecule has 2 nitrogen and oxygen atoms in total. The van der Waals surface area contributed by atoms with Crippen LogP contribution < -0.4 is 0 Å². The molecule has 0 radical (unpaired) electrons. The molecule has 1 saturated heterocycles. The minimum absolute atomic E-state index is 0.0808. The molecule has 0 bridgehead atoms. The van der Waals surface area contributed by atoms with Crippen LogP contribution in [0.4, 0.5) is 0 Å². The van der Waals surface area contributed by atoms with Crippen molar-refractivity contribution in [2.24, 2.45) is 0 Å². The quantitative estimate of drug-likeness (QED) is 0.803. The first-order chi connectivity index (χ1) is 8.30. The molecule has 0 saturated carbocycles. The molecule has 2 rings (SSSR count). The summed E-state index contributed by atoms with van der Waals surface area (Å²) in [6.07, 6.45) is 4.16. The fraction of sp³-hybridized carbons (Fsp3) is 0.467. The molecule has 1 aromatic rings. The van der Waals surface area contributed by atoms with E-state index in [4.69, 9.17) is 0 Å². The molecule has 1 heterocycles. The third-order valence-corrected chi connectivity index (χ3v) is 3.73. The van der Waals surface area contributed by atoms with Gasteiger partial charge in [-0.05, 0) is 24.9 Å². The van der Waals surface area contributed by atoms with E-state index in [0.717, 1.165) is 32.5 Å². The lowest BCUT2D eigenvalue weighted by Crippen LogP contribution is -2.48. The van der Waals surface area contributed by atoms with Gasteiger partial charge in [0.15, 0.2) is 0 Å². The van der Waals surface area contributed by atoms with E-state index >= 15 is 0 Å². The van der Waals surface area contributed by atoms with Crippen molar-refractivity contribution in [3.63, 3.8) is 0 Å². The number of aliphatic hydroxyl groups excluding tert-OH is 1. The molecule has 2 heteroatoms. The molecule has 0 amide bonds. The highest BCUT2D eigenvalue weighted by molar-refractivity contribution is 5.27. The third kappa shape index (κ3) is 2.59. The van der Waals surface area contributed by atoms with Crippen molar-refractivity contribution in [3.05, 3.63) is 48.6 Å². The Labute approximate surface area is 104 Å². The maximum atomic E-state index is 9.83. The van der Waals surface area contributed by atoms with Gasteiger partial charge in [-0.15, -0.1) is 6.58 Å². The average Bonchev–Trinajstić information content (AvgIpc) is 2.40. The molecule has 1 aliphatic rings. The van der Waals surface area contributed by atoms with Gasteiger partial charge in [0.2, 0.25) is 0 Å². The Kier molecular flexibility index (Phi) is 3.97. The maximum absolute atomic E-state index is 9.83. The van der Waals surface area contributed by atoms with Crippen molar-refractivity contribution >= 4 is 0 Å². The molecule has 1 N–H and O–H groups in total. The molecule has 17 heavy (non-hydrogen) atoms. The minimum Gasteiger partial charge on any atom is -0.395 e. The summed E-state index contributed by atoms with van der Waals surface area (Å²) in [6.45, 7) is 6.98. The number of benzene rings is 1. The van der Waals surface area contributed by atoms with Crippen LogP contribution >= 0.6 is 0 Å². The Hall–Kier alpha value is -1.12. The second-order valence-corrected chi connectivity index (χ2v) is 4.93. The van der Waals surface area contributed by atoms with Crippen LogP contribution in [0.2, 0.25) is 0 Å². The first kappa shape index (κ1) is 12.3. The molecule has 0 spiro atoms. The van der Waals surface area contributed by atoms with E-state index < -0.39 is 0 Å². The van der Waals surface area contributed by atoms with Gasteiger partial charge in [0.05, 0.1) is 6.61 Å². The Balaban J connectivity index is 2.22. The lowest BCUT2D eigenvalue weighted by Gasteiger charge is -2.42. The number of aliphatic hydroxyl groups is 1. The van der Waals surface area contributed by atoms with Crippen molar-refractivity contribution < 1.29 is 5.11 Å². The monoisotopic (exact) mass is 231 g/mol. The van der Waals surface area contributed by atoms with E-state index in [1.807, 2.05) is 12.1 Å². The van der Waals surface area contributed by atoms with Crippen LogP contribution in [-0.4, -0.2) is 36.2 Å². The average molecular weight is 231 g/mol. The first-order valence-corrected chi connectivity index (χ1v) is 6.30. The highest BCUT2D eigenvalue weighted by atomic mass is 16.3. The topological polar surface area (TPSA) is 23.5 Å². The van der Waals surface area contributed by atoms with Gasteiger partial charge in [0, 0.05) is 18.5 Å². The van der Waals surface area contributed by atoms with E-state index in [0.29, 0.717) is 0 Å². The van der Waals surface area contributed by atoms with Crippen LogP contribution in [0.5, 0.6) is 0 Å². The van der Waals surface area contributed by atoms with Crippen LogP contribution in [0.25, 0.3) is 0 Å². The highest BCUT2D eigenvalue weighted by Gasteiger charge is 2.35. The van der Waals surface area contributed by atoms with Gasteiger partial charge in [-0.3, -0.25) is 4.90 Å². The van der Waals surface area contributed by atoms with Gasteiger partial charge >= 0.3 is 0 Å². The predicted molar refractivity (Wildman–Crippen MR) is 71.1 cm³/mol. The van der Waals surface area contributed by atoms with E-state index in [1.54, 1.807) is 0 Å². The Morgan fingerprint density at radius 2 is 2.12 bits per heavy atom. The van der Waals surface area contributed by atoms with Crippen LogP contribution in [0.1, 0.15) is 18.4 Å². The zero-order valence-electron chi connectivity index (χ0n) is 10.3. The molecule has 1 atom stereocenters. The second kappa shape index (κ2) is 5.48. The standard InChI is InChI=1S/C15H21NO/c1-2-10-16-11-6-9-15(12-16,13-17)14-7-4-3-5-8-14/h2-5,7-8,17H,1,6,9-13H2. The lowest BCUT2D eigenvalue weighted by atomic mass is 9.75. The molecule has 92 valence electrons. The van der Waals surface area contributed by atoms with Crippen molar-refractivity contribution in [2.45, 2.75) is 18.3 Å². The van der Waals surface area contributed by atoms with Crippen molar-refractivity contribution in [1.29, 1.82) is 0 Å². The zero-order valence-corrected chi connectivity index (χ0v) is 10.3. The third-order valence-electron chi connectivity index (χ3n) is 3.73. The van der Waals surface area contributed by atoms with Gasteiger partial charge in [-0.25, -0.2) is 0 Å². The lowest BCUT2D eigenvalue weighted by molar-refractivity contribution is 0.0964.